The number of anilines is 1. The molecule has 0 atom stereocenters. The third-order valence-electron chi connectivity index (χ3n) is 5.22. The molecule has 1 saturated carbocycles. The zero-order chi connectivity index (χ0) is 17.0. The highest BCUT2D eigenvalue weighted by atomic mass is 32.1. The van der Waals surface area contributed by atoms with Gasteiger partial charge in [0.2, 0.25) is 0 Å². The fraction of sp³-hybridized carbons (Fsp3) is 0.316. The van der Waals surface area contributed by atoms with Gasteiger partial charge in [-0.3, -0.25) is 0 Å². The van der Waals surface area contributed by atoms with Crippen LogP contribution in [0.3, 0.4) is 0 Å². The minimum absolute atomic E-state index is 0.464. The number of para-hydroxylation sites is 1. The predicted molar refractivity (Wildman–Crippen MR) is 102 cm³/mol. The number of imidazole rings is 1. The molecule has 5 nitrogen and oxygen atoms in total. The van der Waals surface area contributed by atoms with Gasteiger partial charge in [-0.1, -0.05) is 30.4 Å². The van der Waals surface area contributed by atoms with Crippen LogP contribution in [0.15, 0.2) is 36.5 Å². The number of nitrogens with zero attached hydrogens (tertiary/aromatic N) is 4. The number of benzene rings is 1. The molecule has 0 spiro atoms. The first kappa shape index (κ1) is 14.8. The molecular weight excluding hydrogens is 330 g/mol. The lowest BCUT2D eigenvalue weighted by atomic mass is 9.75. The molecule has 1 aliphatic rings. The van der Waals surface area contributed by atoms with E-state index in [1.807, 2.05) is 18.3 Å². The van der Waals surface area contributed by atoms with Crippen LogP contribution in [0.5, 0.6) is 0 Å². The fourth-order valence-corrected chi connectivity index (χ4v) is 4.75. The third-order valence-corrected chi connectivity index (χ3v) is 6.07. The summed E-state index contributed by atoms with van der Waals surface area (Å²) in [6, 6.07) is 10.9. The van der Waals surface area contributed by atoms with Gasteiger partial charge >= 0.3 is 0 Å². The number of hydrogen-bond acceptors (Lipinski definition) is 5. The summed E-state index contributed by atoms with van der Waals surface area (Å²) in [5.41, 5.74) is 10.3. The molecule has 2 N–H and O–H groups in total. The van der Waals surface area contributed by atoms with Gasteiger partial charge < -0.3 is 10.3 Å². The smallest absolute Gasteiger partial charge is 0.181 e. The van der Waals surface area contributed by atoms with Gasteiger partial charge in [0.25, 0.3) is 0 Å². The minimum atomic E-state index is 0.464. The van der Waals surface area contributed by atoms with Crippen LogP contribution in [-0.4, -0.2) is 19.5 Å². The van der Waals surface area contributed by atoms with E-state index in [-0.39, 0.29) is 0 Å². The molecule has 3 heterocycles. The van der Waals surface area contributed by atoms with Crippen molar-refractivity contribution < 1.29 is 0 Å². The second kappa shape index (κ2) is 5.52. The lowest BCUT2D eigenvalue weighted by Gasteiger charge is -2.37. The molecule has 0 bridgehead atoms. The molecule has 4 aromatic rings. The Morgan fingerprint density at radius 2 is 2.08 bits per heavy atom. The maximum absolute atomic E-state index is 5.91. The Balaban J connectivity index is 1.49. The molecule has 0 amide bonds. The molecular formula is C19H19N5S. The SMILES string of the molecule is CCc1nc2cccnc2n1C1CC(c2cccc3sc(N)nc23)C1. The number of nitrogen functional groups attached to an aromatic ring is 1. The second-order valence-corrected chi connectivity index (χ2v) is 7.73. The monoisotopic (exact) mass is 349 g/mol. The molecule has 126 valence electrons. The van der Waals surface area contributed by atoms with Gasteiger partial charge in [-0.2, -0.15) is 0 Å². The Morgan fingerprint density at radius 1 is 1.20 bits per heavy atom. The molecule has 6 heteroatoms. The molecule has 1 aliphatic carbocycles. The van der Waals surface area contributed by atoms with E-state index in [0.29, 0.717) is 17.1 Å². The highest BCUT2D eigenvalue weighted by Gasteiger charge is 2.35. The van der Waals surface area contributed by atoms with Crippen LogP contribution >= 0.6 is 11.3 Å². The molecule has 1 fully saturated rings. The van der Waals surface area contributed by atoms with Gasteiger partial charge in [-0.25, -0.2) is 15.0 Å². The van der Waals surface area contributed by atoms with Crippen LogP contribution in [0.25, 0.3) is 21.4 Å². The van der Waals surface area contributed by atoms with Crippen LogP contribution < -0.4 is 5.73 Å². The quantitative estimate of drug-likeness (QED) is 0.598. The van der Waals surface area contributed by atoms with E-state index in [4.69, 9.17) is 10.7 Å². The number of fused-ring (bicyclic) bond motifs is 2. The summed E-state index contributed by atoms with van der Waals surface area (Å²) in [5, 5.41) is 0.649. The number of hydrogen-bond donors (Lipinski definition) is 1. The van der Waals surface area contributed by atoms with Crippen molar-refractivity contribution in [3.05, 3.63) is 47.9 Å². The first-order valence-electron chi connectivity index (χ1n) is 8.71. The molecule has 0 saturated heterocycles. The van der Waals surface area contributed by atoms with E-state index in [9.17, 15) is 0 Å². The summed E-state index contributed by atoms with van der Waals surface area (Å²) in [4.78, 5) is 13.9. The standard InChI is InChI=1S/C19H19N5S/c1-2-16-22-14-6-4-8-21-18(14)24(16)12-9-11(10-12)13-5-3-7-15-17(13)23-19(20)25-15/h3-8,11-12H,2,9-10H2,1H3,(H2,20,23). The van der Waals surface area contributed by atoms with Crippen molar-refractivity contribution in [2.75, 3.05) is 5.73 Å². The average molecular weight is 349 g/mol. The maximum atomic E-state index is 5.91. The summed E-state index contributed by atoms with van der Waals surface area (Å²) in [6.07, 6.45) is 4.99. The molecule has 3 aromatic heterocycles. The summed E-state index contributed by atoms with van der Waals surface area (Å²) >= 11 is 1.57. The first-order valence-corrected chi connectivity index (χ1v) is 9.53. The molecule has 0 unspecified atom stereocenters. The first-order chi connectivity index (χ1) is 12.2. The van der Waals surface area contributed by atoms with Crippen molar-refractivity contribution in [3.63, 3.8) is 0 Å². The molecule has 1 aromatic carbocycles. The number of thiazole rings is 1. The van der Waals surface area contributed by atoms with Crippen LogP contribution in [0.4, 0.5) is 5.13 Å². The van der Waals surface area contributed by atoms with Crippen molar-refractivity contribution in [3.8, 4) is 0 Å². The highest BCUT2D eigenvalue weighted by Crippen LogP contribution is 2.48. The Morgan fingerprint density at radius 3 is 2.92 bits per heavy atom. The zero-order valence-corrected chi connectivity index (χ0v) is 14.8. The third kappa shape index (κ3) is 2.24. The van der Waals surface area contributed by atoms with Crippen LogP contribution in [0.1, 0.15) is 43.1 Å². The predicted octanol–water partition coefficient (Wildman–Crippen LogP) is 4.30. The number of aryl methyl sites for hydroxylation is 1. The van der Waals surface area contributed by atoms with Crippen molar-refractivity contribution in [2.24, 2.45) is 0 Å². The van der Waals surface area contributed by atoms with Gasteiger partial charge in [-0.05, 0) is 42.5 Å². The van der Waals surface area contributed by atoms with Crippen molar-refractivity contribution in [2.45, 2.75) is 38.1 Å². The van der Waals surface area contributed by atoms with E-state index < -0.39 is 0 Å². The number of nitrogens with two attached hydrogens (primary N) is 1. The second-order valence-electron chi connectivity index (χ2n) is 6.67. The Labute approximate surface area is 149 Å². The summed E-state index contributed by atoms with van der Waals surface area (Å²) in [7, 11) is 0. The maximum Gasteiger partial charge on any atom is 0.181 e. The topological polar surface area (TPSA) is 69.6 Å². The van der Waals surface area contributed by atoms with Crippen LogP contribution in [-0.2, 0) is 6.42 Å². The number of rotatable bonds is 3. The highest BCUT2D eigenvalue weighted by molar-refractivity contribution is 7.22. The van der Waals surface area contributed by atoms with E-state index in [2.05, 4.69) is 39.7 Å². The van der Waals surface area contributed by atoms with E-state index in [1.54, 1.807) is 11.3 Å². The molecule has 0 radical (unpaired) electrons. The van der Waals surface area contributed by atoms with Crippen molar-refractivity contribution in [1.82, 2.24) is 19.5 Å². The normalized spacial score (nSPS) is 20.2. The minimum Gasteiger partial charge on any atom is -0.375 e. The summed E-state index contributed by atoms with van der Waals surface area (Å²) in [6.45, 7) is 2.16. The van der Waals surface area contributed by atoms with E-state index >= 15 is 0 Å². The Bertz CT molecular complexity index is 1070. The van der Waals surface area contributed by atoms with Crippen LogP contribution in [0.2, 0.25) is 0 Å². The average Bonchev–Trinajstić information content (AvgIpc) is 3.14. The van der Waals surface area contributed by atoms with E-state index in [1.165, 1.54) is 10.3 Å². The van der Waals surface area contributed by atoms with Crippen LogP contribution in [0, 0.1) is 0 Å². The molecule has 5 rings (SSSR count). The molecule has 0 aliphatic heterocycles. The van der Waals surface area contributed by atoms with Crippen molar-refractivity contribution >= 4 is 37.8 Å². The summed E-state index contributed by atoms with van der Waals surface area (Å²) < 4.78 is 3.53. The lowest BCUT2D eigenvalue weighted by Crippen LogP contribution is -2.27. The Kier molecular flexibility index (Phi) is 3.28. The van der Waals surface area contributed by atoms with E-state index in [0.717, 1.165) is 41.8 Å². The van der Waals surface area contributed by atoms with Gasteiger partial charge in [0, 0.05) is 18.7 Å². The molecule has 25 heavy (non-hydrogen) atoms. The largest absolute Gasteiger partial charge is 0.375 e. The van der Waals surface area contributed by atoms with Gasteiger partial charge in [0.15, 0.2) is 10.8 Å². The Hall–Kier alpha value is -2.47. The number of pyridine rings is 1. The van der Waals surface area contributed by atoms with Gasteiger partial charge in [0.05, 0.1) is 10.2 Å². The number of aromatic nitrogens is 4. The van der Waals surface area contributed by atoms with Gasteiger partial charge in [-0.15, -0.1) is 0 Å². The lowest BCUT2D eigenvalue weighted by molar-refractivity contribution is 0.265. The summed E-state index contributed by atoms with van der Waals surface area (Å²) in [5.74, 6) is 1.66. The van der Waals surface area contributed by atoms with Crippen molar-refractivity contribution in [1.29, 1.82) is 0 Å². The van der Waals surface area contributed by atoms with Gasteiger partial charge in [0.1, 0.15) is 11.3 Å². The zero-order valence-electron chi connectivity index (χ0n) is 14.0. The fourth-order valence-electron chi connectivity index (χ4n) is 3.98.